The molecule has 2 heterocycles. The lowest BCUT2D eigenvalue weighted by Gasteiger charge is -2.10. The van der Waals surface area contributed by atoms with Gasteiger partial charge in [-0.05, 0) is 36.4 Å². The minimum atomic E-state index is -4.14. The van der Waals surface area contributed by atoms with Gasteiger partial charge in [0.2, 0.25) is 0 Å². The van der Waals surface area contributed by atoms with E-state index in [0.717, 1.165) is 6.07 Å². The molecule has 0 saturated heterocycles. The van der Waals surface area contributed by atoms with Crippen LogP contribution in [-0.2, 0) is 10.0 Å². The third-order valence-corrected chi connectivity index (χ3v) is 5.63. The lowest BCUT2D eigenvalue weighted by molar-refractivity contribution is 0.570. The molecule has 0 fully saturated rings. The zero-order valence-corrected chi connectivity index (χ0v) is 15.6. The van der Waals surface area contributed by atoms with Crippen molar-refractivity contribution in [1.82, 2.24) is 20.2 Å². The highest BCUT2D eigenvalue weighted by Gasteiger charge is 2.21. The molecule has 0 radical (unpaired) electrons. The summed E-state index contributed by atoms with van der Waals surface area (Å²) >= 11 is 5.66. The van der Waals surface area contributed by atoms with E-state index in [2.05, 4.69) is 24.9 Å². The number of nitrogens with zero attached hydrogens (tertiary/aromatic N) is 3. The van der Waals surface area contributed by atoms with Crippen LogP contribution in [0.25, 0.3) is 22.4 Å². The second kappa shape index (κ2) is 6.73. The van der Waals surface area contributed by atoms with Gasteiger partial charge in [-0.25, -0.2) is 22.8 Å². The van der Waals surface area contributed by atoms with Gasteiger partial charge in [0, 0.05) is 17.4 Å². The Kier molecular flexibility index (Phi) is 4.36. The molecule has 4 rings (SSSR count). The summed E-state index contributed by atoms with van der Waals surface area (Å²) in [5, 5.41) is 6.94. The Morgan fingerprint density at radius 1 is 1.14 bits per heavy atom. The number of benzene rings is 2. The van der Waals surface area contributed by atoms with Crippen molar-refractivity contribution in [1.29, 1.82) is 0 Å². The molecule has 0 aliphatic rings. The fourth-order valence-corrected chi connectivity index (χ4v) is 3.94. The fraction of sp³-hybridized carbons (Fsp3) is 0. The van der Waals surface area contributed by atoms with Gasteiger partial charge in [-0.15, -0.1) is 0 Å². The van der Waals surface area contributed by atoms with Crippen molar-refractivity contribution in [2.45, 2.75) is 4.90 Å². The van der Waals surface area contributed by atoms with Crippen LogP contribution in [0.2, 0.25) is 5.02 Å². The summed E-state index contributed by atoms with van der Waals surface area (Å²) in [6, 6.07) is 10.1. The van der Waals surface area contributed by atoms with Gasteiger partial charge in [0.15, 0.2) is 17.3 Å². The highest BCUT2D eigenvalue weighted by atomic mass is 35.5. The molecular formula is C17H12ClFN6O2S. The molecule has 0 unspecified atom stereocenters. The number of hydrogen-bond donors (Lipinski definition) is 3. The standard InChI is InChI=1S/C17H12ClFN6O2S/c18-12-2-1-3-13(14(12)19)28(26,27)25-10-6-4-9(5-7-10)16-21-8-11-15(20)23-24-17(11)22-16/h1-8,25H,(H3,20,21,22,23,24). The highest BCUT2D eigenvalue weighted by molar-refractivity contribution is 7.92. The number of anilines is 2. The third kappa shape index (κ3) is 3.23. The van der Waals surface area contributed by atoms with Crippen molar-refractivity contribution in [3.05, 3.63) is 59.5 Å². The molecule has 8 nitrogen and oxygen atoms in total. The van der Waals surface area contributed by atoms with E-state index in [1.54, 1.807) is 18.3 Å². The summed E-state index contributed by atoms with van der Waals surface area (Å²) in [7, 11) is -4.14. The van der Waals surface area contributed by atoms with Crippen LogP contribution in [0.1, 0.15) is 0 Å². The summed E-state index contributed by atoms with van der Waals surface area (Å²) in [5.74, 6) is -0.234. The summed E-state index contributed by atoms with van der Waals surface area (Å²) in [5.41, 5.74) is 7.02. The van der Waals surface area contributed by atoms with E-state index in [1.807, 2.05) is 0 Å². The number of H-pyrrole nitrogens is 1. The first kappa shape index (κ1) is 18.1. The first-order valence-corrected chi connectivity index (χ1v) is 9.75. The van der Waals surface area contributed by atoms with E-state index in [0.29, 0.717) is 28.2 Å². The van der Waals surface area contributed by atoms with Gasteiger partial charge in [0.05, 0.1) is 10.4 Å². The van der Waals surface area contributed by atoms with Crippen LogP contribution < -0.4 is 10.5 Å². The van der Waals surface area contributed by atoms with Crippen LogP contribution in [0.4, 0.5) is 15.9 Å². The molecule has 0 aliphatic carbocycles. The minimum absolute atomic E-state index is 0.244. The van der Waals surface area contributed by atoms with E-state index >= 15 is 0 Å². The molecule has 142 valence electrons. The number of hydrogen-bond acceptors (Lipinski definition) is 6. The van der Waals surface area contributed by atoms with Crippen LogP contribution in [0.15, 0.2) is 53.6 Å². The van der Waals surface area contributed by atoms with Gasteiger partial charge in [0.25, 0.3) is 10.0 Å². The zero-order valence-electron chi connectivity index (χ0n) is 14.0. The van der Waals surface area contributed by atoms with Crippen LogP contribution in [0.5, 0.6) is 0 Å². The van der Waals surface area contributed by atoms with Crippen molar-refractivity contribution in [3.8, 4) is 11.4 Å². The maximum absolute atomic E-state index is 14.0. The number of halogens is 2. The SMILES string of the molecule is Nc1[nH]nc2nc(-c3ccc(NS(=O)(=O)c4cccc(Cl)c4F)cc3)ncc12. The molecule has 4 aromatic rings. The summed E-state index contributed by atoms with van der Waals surface area (Å²) in [6.45, 7) is 0. The molecule has 2 aromatic heterocycles. The number of rotatable bonds is 4. The van der Waals surface area contributed by atoms with E-state index in [9.17, 15) is 12.8 Å². The highest BCUT2D eigenvalue weighted by Crippen LogP contribution is 2.25. The molecule has 28 heavy (non-hydrogen) atoms. The van der Waals surface area contributed by atoms with Crippen LogP contribution in [-0.4, -0.2) is 28.6 Å². The zero-order chi connectivity index (χ0) is 19.9. The molecule has 0 aliphatic heterocycles. The number of nitrogens with one attached hydrogen (secondary N) is 2. The van der Waals surface area contributed by atoms with Crippen LogP contribution in [0, 0.1) is 5.82 Å². The predicted octanol–water partition coefficient (Wildman–Crippen LogP) is 3.20. The van der Waals surface area contributed by atoms with Crippen LogP contribution in [0.3, 0.4) is 0 Å². The summed E-state index contributed by atoms with van der Waals surface area (Å²) in [6.07, 6.45) is 1.55. The molecule has 0 amide bonds. The largest absolute Gasteiger partial charge is 0.383 e. The first-order chi connectivity index (χ1) is 13.3. The average Bonchev–Trinajstić information content (AvgIpc) is 3.04. The van der Waals surface area contributed by atoms with Crippen molar-refractivity contribution in [2.24, 2.45) is 0 Å². The fourth-order valence-electron chi connectivity index (χ4n) is 2.55. The Morgan fingerprint density at radius 2 is 1.89 bits per heavy atom. The van der Waals surface area contributed by atoms with Crippen molar-refractivity contribution >= 4 is 44.2 Å². The number of nitrogen functional groups attached to an aromatic ring is 1. The number of fused-ring (bicyclic) bond motifs is 1. The summed E-state index contributed by atoms with van der Waals surface area (Å²) in [4.78, 5) is 8.00. The van der Waals surface area contributed by atoms with Gasteiger partial charge in [0.1, 0.15) is 10.7 Å². The van der Waals surface area contributed by atoms with E-state index in [4.69, 9.17) is 17.3 Å². The molecule has 0 atom stereocenters. The van der Waals surface area contributed by atoms with Crippen molar-refractivity contribution < 1.29 is 12.8 Å². The smallest absolute Gasteiger partial charge is 0.264 e. The molecule has 4 N–H and O–H groups in total. The topological polar surface area (TPSA) is 127 Å². The Hall–Kier alpha value is -3.24. The second-order valence-corrected chi connectivity index (χ2v) is 7.86. The number of sulfonamides is 1. The molecule has 11 heteroatoms. The normalized spacial score (nSPS) is 11.6. The van der Waals surface area contributed by atoms with Gasteiger partial charge >= 0.3 is 0 Å². The maximum atomic E-state index is 14.0. The monoisotopic (exact) mass is 418 g/mol. The molecule has 0 spiro atoms. The third-order valence-electron chi connectivity index (χ3n) is 3.94. The first-order valence-electron chi connectivity index (χ1n) is 7.89. The molecule has 0 bridgehead atoms. The molecule has 2 aromatic carbocycles. The lowest BCUT2D eigenvalue weighted by Crippen LogP contribution is -2.14. The predicted molar refractivity (Wildman–Crippen MR) is 104 cm³/mol. The number of nitrogens with two attached hydrogens (primary N) is 1. The maximum Gasteiger partial charge on any atom is 0.264 e. The average molecular weight is 419 g/mol. The van der Waals surface area contributed by atoms with Gasteiger partial charge in [-0.1, -0.05) is 17.7 Å². The van der Waals surface area contributed by atoms with Gasteiger partial charge in [-0.3, -0.25) is 9.82 Å². The van der Waals surface area contributed by atoms with Crippen molar-refractivity contribution in [3.63, 3.8) is 0 Å². The Labute approximate surface area is 163 Å². The van der Waals surface area contributed by atoms with Crippen LogP contribution >= 0.6 is 11.6 Å². The van der Waals surface area contributed by atoms with E-state index in [1.165, 1.54) is 24.3 Å². The molecule has 0 saturated carbocycles. The second-order valence-electron chi connectivity index (χ2n) is 5.80. The quantitative estimate of drug-likeness (QED) is 0.467. The Balaban J connectivity index is 1.61. The lowest BCUT2D eigenvalue weighted by atomic mass is 10.2. The van der Waals surface area contributed by atoms with Crippen molar-refractivity contribution in [2.75, 3.05) is 10.5 Å². The molecular weight excluding hydrogens is 407 g/mol. The number of aromatic amines is 1. The minimum Gasteiger partial charge on any atom is -0.383 e. The Bertz CT molecular complexity index is 1290. The summed E-state index contributed by atoms with van der Waals surface area (Å²) < 4.78 is 41.2. The van der Waals surface area contributed by atoms with E-state index in [-0.39, 0.29) is 10.7 Å². The van der Waals surface area contributed by atoms with E-state index < -0.39 is 20.7 Å². The van der Waals surface area contributed by atoms with Gasteiger partial charge < -0.3 is 5.73 Å². The Morgan fingerprint density at radius 3 is 2.64 bits per heavy atom. The number of aromatic nitrogens is 4. The van der Waals surface area contributed by atoms with Gasteiger partial charge in [-0.2, -0.15) is 5.10 Å².